The van der Waals surface area contributed by atoms with E-state index in [0.717, 1.165) is 5.56 Å². The van der Waals surface area contributed by atoms with E-state index in [2.05, 4.69) is 56.3 Å². The minimum absolute atomic E-state index is 0.149. The summed E-state index contributed by atoms with van der Waals surface area (Å²) in [6.07, 6.45) is 1.38. The first kappa shape index (κ1) is 15.6. The fourth-order valence-electron chi connectivity index (χ4n) is 3.99. The molecule has 4 rings (SSSR count). The summed E-state index contributed by atoms with van der Waals surface area (Å²) in [5.74, 6) is 0. The van der Waals surface area contributed by atoms with Gasteiger partial charge in [0.15, 0.2) is 0 Å². The second kappa shape index (κ2) is 5.85. The van der Waals surface area contributed by atoms with E-state index in [0.29, 0.717) is 6.42 Å². The number of aliphatic hydroxyl groups is 2. The van der Waals surface area contributed by atoms with E-state index < -0.39 is 12.2 Å². The third kappa shape index (κ3) is 2.24. The van der Waals surface area contributed by atoms with Crippen molar-refractivity contribution in [2.75, 3.05) is 6.61 Å². The molecule has 0 spiro atoms. The van der Waals surface area contributed by atoms with Crippen molar-refractivity contribution in [3.05, 3.63) is 52.7 Å². The topological polar surface area (TPSA) is 49.7 Å². The molecule has 24 heavy (non-hydrogen) atoms. The summed E-state index contributed by atoms with van der Waals surface area (Å²) in [6.45, 7) is 4.06. The van der Waals surface area contributed by atoms with Crippen molar-refractivity contribution in [3.8, 4) is 0 Å². The quantitative estimate of drug-likeness (QED) is 0.762. The van der Waals surface area contributed by atoms with Crippen LogP contribution < -0.4 is 5.22 Å². The molecule has 0 amide bonds. The number of hydrogen-bond acceptors (Lipinski definition) is 3. The number of hydrogen-bond donors (Lipinski definition) is 2. The molecule has 0 radical (unpaired) electrons. The van der Waals surface area contributed by atoms with Crippen LogP contribution in [0.5, 0.6) is 0 Å². The Morgan fingerprint density at radius 2 is 1.92 bits per heavy atom. The van der Waals surface area contributed by atoms with E-state index in [9.17, 15) is 10.2 Å². The van der Waals surface area contributed by atoms with Gasteiger partial charge in [-0.1, -0.05) is 42.5 Å². The van der Waals surface area contributed by atoms with Crippen LogP contribution in [-0.2, 0) is 4.74 Å². The average molecular weight is 322 g/mol. The third-order valence-corrected chi connectivity index (χ3v) is 5.25. The fourth-order valence-corrected chi connectivity index (χ4v) is 3.99. The molecule has 3 aromatic rings. The van der Waals surface area contributed by atoms with Gasteiger partial charge in [-0.2, -0.15) is 0 Å². The van der Waals surface area contributed by atoms with Gasteiger partial charge >= 0.3 is 0 Å². The second-order valence-corrected chi connectivity index (χ2v) is 6.65. The van der Waals surface area contributed by atoms with Gasteiger partial charge in [-0.05, 0) is 51.7 Å². The van der Waals surface area contributed by atoms with E-state index >= 15 is 0 Å². The van der Waals surface area contributed by atoms with Gasteiger partial charge in [0.1, 0.15) is 6.10 Å². The summed E-state index contributed by atoms with van der Waals surface area (Å²) < 4.78 is 5.90. The lowest BCUT2D eigenvalue weighted by atomic mass is 9.90. The van der Waals surface area contributed by atoms with Crippen LogP contribution in [0.25, 0.3) is 27.6 Å². The molecule has 124 valence electrons. The zero-order valence-corrected chi connectivity index (χ0v) is 14.0. The smallest absolute Gasteiger partial charge is 0.107 e. The highest BCUT2D eigenvalue weighted by Gasteiger charge is 2.35. The molecule has 2 N–H and O–H groups in total. The number of ether oxygens (including phenoxy) is 1. The minimum atomic E-state index is -0.612. The minimum Gasteiger partial charge on any atom is -0.394 e. The molecule has 0 aliphatic carbocycles. The van der Waals surface area contributed by atoms with Gasteiger partial charge in [0.05, 0.1) is 18.8 Å². The summed E-state index contributed by atoms with van der Waals surface area (Å²) >= 11 is 0. The maximum absolute atomic E-state index is 10.1. The normalized spacial score (nSPS) is 25.2. The highest BCUT2D eigenvalue weighted by molar-refractivity contribution is 6.12. The largest absolute Gasteiger partial charge is 0.394 e. The Morgan fingerprint density at radius 3 is 2.62 bits per heavy atom. The molecule has 1 aliphatic rings. The van der Waals surface area contributed by atoms with Gasteiger partial charge in [-0.15, -0.1) is 0 Å². The highest BCUT2D eigenvalue weighted by Crippen LogP contribution is 2.39. The Kier molecular flexibility index (Phi) is 3.80. The lowest BCUT2D eigenvalue weighted by molar-refractivity contribution is -0.0222. The molecule has 0 bridgehead atoms. The summed E-state index contributed by atoms with van der Waals surface area (Å²) in [7, 11) is 0. The Morgan fingerprint density at radius 1 is 1.12 bits per heavy atom. The van der Waals surface area contributed by atoms with Crippen LogP contribution in [0.3, 0.4) is 0 Å². The van der Waals surface area contributed by atoms with E-state index in [1.54, 1.807) is 0 Å². The number of benzene rings is 3. The Bertz CT molecular complexity index is 960. The monoisotopic (exact) mass is 322 g/mol. The lowest BCUT2D eigenvalue weighted by Crippen LogP contribution is -2.24. The van der Waals surface area contributed by atoms with Crippen LogP contribution in [0.15, 0.2) is 36.4 Å². The van der Waals surface area contributed by atoms with Crippen LogP contribution in [0.2, 0.25) is 0 Å². The van der Waals surface area contributed by atoms with Crippen molar-refractivity contribution >= 4 is 27.6 Å². The van der Waals surface area contributed by atoms with E-state index in [1.165, 1.54) is 32.3 Å². The summed E-state index contributed by atoms with van der Waals surface area (Å²) in [6, 6.07) is 12.9. The molecule has 1 heterocycles. The van der Waals surface area contributed by atoms with Crippen molar-refractivity contribution in [2.45, 2.75) is 38.6 Å². The number of aliphatic hydroxyl groups excluding tert-OH is 2. The fraction of sp³-hybridized carbons (Fsp3) is 0.333. The molecule has 1 unspecified atom stereocenters. The molecule has 1 aliphatic heterocycles. The number of aryl methyl sites for hydroxylation is 1. The molecule has 3 heteroatoms. The molecule has 3 atom stereocenters. The van der Waals surface area contributed by atoms with Crippen LogP contribution in [0.4, 0.5) is 0 Å². The van der Waals surface area contributed by atoms with E-state index in [-0.39, 0.29) is 12.7 Å². The van der Waals surface area contributed by atoms with E-state index in [1.807, 2.05) is 0 Å². The van der Waals surface area contributed by atoms with Crippen LogP contribution in [0.1, 0.15) is 30.6 Å². The SMILES string of the molecule is C/C=c1/ccc2c([C@H]3CC(O)[C@@H](CO)O3)ccc3ccc(C)c1c32. The Labute approximate surface area is 141 Å². The Balaban J connectivity index is 1.99. The van der Waals surface area contributed by atoms with Crippen molar-refractivity contribution in [3.63, 3.8) is 0 Å². The summed E-state index contributed by atoms with van der Waals surface area (Å²) in [5.41, 5.74) is 2.36. The Hall–Kier alpha value is -1.94. The van der Waals surface area contributed by atoms with Gasteiger partial charge in [0.2, 0.25) is 0 Å². The molecule has 1 saturated heterocycles. The third-order valence-electron chi connectivity index (χ3n) is 5.25. The first-order chi connectivity index (χ1) is 11.6. The van der Waals surface area contributed by atoms with Crippen molar-refractivity contribution in [1.29, 1.82) is 0 Å². The molecular weight excluding hydrogens is 300 g/mol. The van der Waals surface area contributed by atoms with Crippen molar-refractivity contribution < 1.29 is 14.9 Å². The molecule has 0 saturated carbocycles. The van der Waals surface area contributed by atoms with Gasteiger partial charge in [0.25, 0.3) is 0 Å². The van der Waals surface area contributed by atoms with Gasteiger partial charge in [-0.3, -0.25) is 0 Å². The van der Waals surface area contributed by atoms with Gasteiger partial charge in [-0.25, -0.2) is 0 Å². The van der Waals surface area contributed by atoms with Crippen LogP contribution >= 0.6 is 0 Å². The highest BCUT2D eigenvalue weighted by atomic mass is 16.5. The predicted octanol–water partition coefficient (Wildman–Crippen LogP) is 3.00. The summed E-state index contributed by atoms with van der Waals surface area (Å²) in [5, 5.41) is 25.6. The van der Waals surface area contributed by atoms with Crippen molar-refractivity contribution in [1.82, 2.24) is 0 Å². The van der Waals surface area contributed by atoms with Crippen molar-refractivity contribution in [2.24, 2.45) is 0 Å². The first-order valence-corrected chi connectivity index (χ1v) is 8.49. The second-order valence-electron chi connectivity index (χ2n) is 6.65. The van der Waals surface area contributed by atoms with Gasteiger partial charge < -0.3 is 14.9 Å². The first-order valence-electron chi connectivity index (χ1n) is 8.49. The molecule has 0 aromatic heterocycles. The van der Waals surface area contributed by atoms with Crippen LogP contribution in [-0.4, -0.2) is 29.0 Å². The molecular formula is C21H22O3. The molecule has 3 aromatic carbocycles. The maximum Gasteiger partial charge on any atom is 0.107 e. The molecule has 1 fully saturated rings. The lowest BCUT2D eigenvalue weighted by Gasteiger charge is -2.17. The zero-order chi connectivity index (χ0) is 16.8. The zero-order valence-electron chi connectivity index (χ0n) is 14.0. The number of rotatable bonds is 2. The molecule has 3 nitrogen and oxygen atoms in total. The van der Waals surface area contributed by atoms with E-state index in [4.69, 9.17) is 4.74 Å². The summed E-state index contributed by atoms with van der Waals surface area (Å²) in [4.78, 5) is 0. The average Bonchev–Trinajstić information content (AvgIpc) is 2.98. The van der Waals surface area contributed by atoms with Gasteiger partial charge in [0, 0.05) is 6.42 Å². The predicted molar refractivity (Wildman–Crippen MR) is 96.9 cm³/mol. The van der Waals surface area contributed by atoms with Crippen LogP contribution in [0, 0.1) is 6.92 Å². The standard InChI is InChI=1S/C21H22O3/c1-3-13-6-9-16-15(18-10-17(23)19(11-22)24-18)8-7-14-5-4-12(2)20(13)21(14)16/h3-9,17-19,22-23H,10-11H2,1-2H3/b13-3-/t17?,18-,19-/m1/s1. The maximum atomic E-state index is 10.1.